The number of rotatable bonds is 6. The van der Waals surface area contributed by atoms with E-state index in [0.717, 1.165) is 12.2 Å². The molecule has 1 amide bonds. The van der Waals surface area contributed by atoms with E-state index in [2.05, 4.69) is 21.2 Å². The third kappa shape index (κ3) is 4.66. The number of benzene rings is 1. The first-order valence-electron chi connectivity index (χ1n) is 5.27. The highest BCUT2D eigenvalue weighted by Gasteiger charge is 2.11. The van der Waals surface area contributed by atoms with Crippen molar-refractivity contribution in [2.75, 3.05) is 17.3 Å². The second-order valence-electron chi connectivity index (χ2n) is 3.57. The monoisotopic (exact) mass is 332 g/mol. The maximum absolute atomic E-state index is 11.6. The van der Waals surface area contributed by atoms with E-state index in [-0.39, 0.29) is 11.6 Å². The van der Waals surface area contributed by atoms with Crippen molar-refractivity contribution in [1.82, 2.24) is 0 Å². The Labute approximate surface area is 118 Å². The average molecular weight is 333 g/mol. The van der Waals surface area contributed by atoms with Crippen LogP contribution in [0.25, 0.3) is 0 Å². The van der Waals surface area contributed by atoms with E-state index in [0.29, 0.717) is 16.6 Å². The third-order valence-electron chi connectivity index (χ3n) is 2.19. The molecule has 5 nitrogen and oxygen atoms in total. The number of hydrogen-bond donors (Lipinski definition) is 1. The molecule has 0 saturated carbocycles. The minimum Gasteiger partial charge on any atom is -0.325 e. The van der Waals surface area contributed by atoms with Crippen molar-refractivity contribution in [2.24, 2.45) is 0 Å². The zero-order chi connectivity index (χ0) is 13.5. The molecule has 0 aliphatic carbocycles. The van der Waals surface area contributed by atoms with Crippen molar-refractivity contribution >= 4 is 45.0 Å². The van der Waals surface area contributed by atoms with Crippen LogP contribution in [0.5, 0.6) is 0 Å². The summed E-state index contributed by atoms with van der Waals surface area (Å²) in [6, 6.07) is 4.28. The van der Waals surface area contributed by atoms with Gasteiger partial charge in [0.2, 0.25) is 5.91 Å². The molecule has 1 rings (SSSR count). The van der Waals surface area contributed by atoms with E-state index < -0.39 is 4.92 Å². The maximum Gasteiger partial charge on any atom is 0.271 e. The number of non-ortho nitro benzene ring substituents is 1. The molecule has 0 heterocycles. The normalized spacial score (nSPS) is 10.1. The first-order valence-corrected chi connectivity index (χ1v) is 7.46. The van der Waals surface area contributed by atoms with Crippen molar-refractivity contribution in [3.8, 4) is 0 Å². The molecule has 1 aromatic carbocycles. The van der Waals surface area contributed by atoms with Crippen molar-refractivity contribution < 1.29 is 9.72 Å². The van der Waals surface area contributed by atoms with Crippen molar-refractivity contribution in [1.29, 1.82) is 0 Å². The predicted molar refractivity (Wildman–Crippen MR) is 77.0 cm³/mol. The number of carbonyl (C=O) groups excluding carboxylic acids is 1. The van der Waals surface area contributed by atoms with E-state index in [4.69, 9.17) is 0 Å². The zero-order valence-electron chi connectivity index (χ0n) is 9.81. The molecule has 7 heteroatoms. The van der Waals surface area contributed by atoms with Gasteiger partial charge >= 0.3 is 0 Å². The number of nitro groups is 1. The Hall–Kier alpha value is -1.08. The minimum absolute atomic E-state index is 0.0439. The van der Waals surface area contributed by atoms with Crippen LogP contribution in [-0.2, 0) is 4.79 Å². The summed E-state index contributed by atoms with van der Waals surface area (Å²) in [5.41, 5.74) is 0.385. The molecule has 0 atom stereocenters. The Kier molecular flexibility index (Phi) is 6.14. The number of nitro benzene ring substituents is 1. The summed E-state index contributed by atoms with van der Waals surface area (Å²) in [5, 5.41) is 13.3. The Morgan fingerprint density at radius 2 is 2.28 bits per heavy atom. The van der Waals surface area contributed by atoms with Crippen LogP contribution >= 0.6 is 27.7 Å². The van der Waals surface area contributed by atoms with E-state index in [9.17, 15) is 14.9 Å². The number of nitrogens with one attached hydrogen (secondary N) is 1. The van der Waals surface area contributed by atoms with Gasteiger partial charge in [0, 0.05) is 23.0 Å². The molecule has 0 aliphatic rings. The van der Waals surface area contributed by atoms with E-state index in [1.54, 1.807) is 17.8 Å². The highest BCUT2D eigenvalue weighted by molar-refractivity contribution is 9.10. The number of hydrogen-bond acceptors (Lipinski definition) is 4. The van der Waals surface area contributed by atoms with Crippen LogP contribution in [0.3, 0.4) is 0 Å². The molecule has 0 bridgehead atoms. The molecule has 1 N–H and O–H groups in total. The summed E-state index contributed by atoms with van der Waals surface area (Å²) in [5.74, 6) is 0.786. The first-order chi connectivity index (χ1) is 8.54. The molecule has 18 heavy (non-hydrogen) atoms. The Bertz CT molecular complexity index is 454. The molecule has 0 spiro atoms. The zero-order valence-corrected chi connectivity index (χ0v) is 12.2. The SMILES string of the molecule is CSCCCC(=O)Nc1cc([N+](=O)[O-])ccc1Br. The van der Waals surface area contributed by atoms with Crippen molar-refractivity contribution in [2.45, 2.75) is 12.8 Å². The summed E-state index contributed by atoms with van der Waals surface area (Å²) >= 11 is 4.93. The number of halogens is 1. The van der Waals surface area contributed by atoms with Gasteiger partial charge < -0.3 is 5.32 Å². The minimum atomic E-state index is -0.490. The van der Waals surface area contributed by atoms with E-state index >= 15 is 0 Å². The summed E-state index contributed by atoms with van der Waals surface area (Å²) in [6.07, 6.45) is 3.19. The summed E-state index contributed by atoms with van der Waals surface area (Å²) in [7, 11) is 0. The van der Waals surface area contributed by atoms with Gasteiger partial charge in [-0.1, -0.05) is 0 Å². The highest BCUT2D eigenvalue weighted by atomic mass is 79.9. The van der Waals surface area contributed by atoms with Gasteiger partial charge in [-0.15, -0.1) is 0 Å². The fourth-order valence-corrected chi connectivity index (χ4v) is 2.09. The van der Waals surface area contributed by atoms with Gasteiger partial charge in [0.1, 0.15) is 0 Å². The Balaban J connectivity index is 2.68. The molecule has 98 valence electrons. The number of thioether (sulfide) groups is 1. The molecule has 0 aromatic heterocycles. The summed E-state index contributed by atoms with van der Waals surface area (Å²) in [4.78, 5) is 21.8. The van der Waals surface area contributed by atoms with Gasteiger partial charge in [0.15, 0.2) is 0 Å². The predicted octanol–water partition coefficient (Wildman–Crippen LogP) is 3.44. The number of carbonyl (C=O) groups is 1. The van der Waals surface area contributed by atoms with Crippen molar-refractivity contribution in [3.05, 3.63) is 32.8 Å². The van der Waals surface area contributed by atoms with Crippen LogP contribution in [0.2, 0.25) is 0 Å². The summed E-state index contributed by atoms with van der Waals surface area (Å²) < 4.78 is 0.631. The lowest BCUT2D eigenvalue weighted by atomic mass is 10.2. The number of amides is 1. The lowest BCUT2D eigenvalue weighted by Crippen LogP contribution is -2.12. The fourth-order valence-electron chi connectivity index (χ4n) is 1.31. The standard InChI is InChI=1S/C11H13BrN2O3S/c1-18-6-2-3-11(15)13-10-7-8(14(16)17)4-5-9(10)12/h4-5,7H,2-3,6H2,1H3,(H,13,15). The maximum atomic E-state index is 11.6. The van der Waals surface area contributed by atoms with Crippen molar-refractivity contribution in [3.63, 3.8) is 0 Å². The first kappa shape index (κ1) is 15.0. The topological polar surface area (TPSA) is 72.2 Å². The molecular weight excluding hydrogens is 320 g/mol. The van der Waals surface area contributed by atoms with Gasteiger partial charge in [0.25, 0.3) is 5.69 Å². The van der Waals surface area contributed by atoms with Gasteiger partial charge in [-0.2, -0.15) is 11.8 Å². The van der Waals surface area contributed by atoms with Gasteiger partial charge in [-0.25, -0.2) is 0 Å². The van der Waals surface area contributed by atoms with Crippen LogP contribution in [-0.4, -0.2) is 22.8 Å². The van der Waals surface area contributed by atoms with Gasteiger partial charge in [-0.3, -0.25) is 14.9 Å². The third-order valence-corrected chi connectivity index (χ3v) is 3.58. The molecule has 0 unspecified atom stereocenters. The quantitative estimate of drug-likeness (QED) is 0.492. The van der Waals surface area contributed by atoms with E-state index in [1.807, 2.05) is 6.26 Å². The molecule has 0 aliphatic heterocycles. The molecule has 0 fully saturated rings. The molecule has 0 radical (unpaired) electrons. The molecular formula is C11H13BrN2O3S. The van der Waals surface area contributed by atoms with E-state index in [1.165, 1.54) is 12.1 Å². The smallest absolute Gasteiger partial charge is 0.271 e. The second kappa shape index (κ2) is 7.38. The largest absolute Gasteiger partial charge is 0.325 e. The highest BCUT2D eigenvalue weighted by Crippen LogP contribution is 2.27. The van der Waals surface area contributed by atoms with Gasteiger partial charge in [0.05, 0.1) is 10.6 Å². The lowest BCUT2D eigenvalue weighted by molar-refractivity contribution is -0.384. The molecule has 0 saturated heterocycles. The van der Waals surface area contributed by atoms with Crippen LogP contribution in [0.4, 0.5) is 11.4 Å². The average Bonchev–Trinajstić information content (AvgIpc) is 2.32. The van der Waals surface area contributed by atoms with Crippen LogP contribution in [0.1, 0.15) is 12.8 Å². The van der Waals surface area contributed by atoms with Gasteiger partial charge in [-0.05, 0) is 40.4 Å². The molecule has 1 aromatic rings. The number of anilines is 1. The van der Waals surface area contributed by atoms with Crippen LogP contribution in [0.15, 0.2) is 22.7 Å². The fraction of sp³-hybridized carbons (Fsp3) is 0.364. The number of nitrogens with zero attached hydrogens (tertiary/aromatic N) is 1. The Morgan fingerprint density at radius 3 is 2.89 bits per heavy atom. The van der Waals surface area contributed by atoms with Crippen LogP contribution < -0.4 is 5.32 Å². The lowest BCUT2D eigenvalue weighted by Gasteiger charge is -2.06. The van der Waals surface area contributed by atoms with Crippen LogP contribution in [0, 0.1) is 10.1 Å². The Morgan fingerprint density at radius 1 is 1.56 bits per heavy atom. The summed E-state index contributed by atoms with van der Waals surface area (Å²) in [6.45, 7) is 0. The second-order valence-corrected chi connectivity index (χ2v) is 5.41.